The van der Waals surface area contributed by atoms with Crippen LogP contribution in [0.15, 0.2) is 36.4 Å². The van der Waals surface area contributed by atoms with E-state index in [4.69, 9.17) is 4.74 Å². The maximum absolute atomic E-state index is 13.5. The molecule has 0 fully saturated rings. The second-order valence-electron chi connectivity index (χ2n) is 5.75. The molecule has 1 heterocycles. The zero-order chi connectivity index (χ0) is 14.8. The van der Waals surface area contributed by atoms with Gasteiger partial charge in [-0.2, -0.15) is 4.98 Å². The molecular weight excluding hydrogens is 255 g/mol. The van der Waals surface area contributed by atoms with Crippen LogP contribution >= 0.6 is 0 Å². The van der Waals surface area contributed by atoms with Gasteiger partial charge in [0.1, 0.15) is 17.4 Å². The van der Waals surface area contributed by atoms with Crippen LogP contribution in [0.3, 0.4) is 0 Å². The molecule has 0 saturated heterocycles. The number of rotatable bonds is 3. The molecule has 0 aliphatic rings. The van der Waals surface area contributed by atoms with Crippen LogP contribution in [0.4, 0.5) is 10.2 Å². The fraction of sp³-hybridized carbons (Fsp3) is 0.312. The molecule has 0 aliphatic heterocycles. The Bertz CT molecular complexity index is 606. The summed E-state index contributed by atoms with van der Waals surface area (Å²) in [6, 6.07) is 10.2. The highest BCUT2D eigenvalue weighted by molar-refractivity contribution is 5.40. The van der Waals surface area contributed by atoms with Gasteiger partial charge in [-0.25, -0.2) is 4.39 Å². The number of benzene rings is 1. The number of anilines is 1. The third kappa shape index (κ3) is 3.95. The Morgan fingerprint density at radius 1 is 1.15 bits per heavy atom. The van der Waals surface area contributed by atoms with Crippen molar-refractivity contribution in [2.75, 3.05) is 5.32 Å². The summed E-state index contributed by atoms with van der Waals surface area (Å²) in [7, 11) is 0. The van der Waals surface area contributed by atoms with Gasteiger partial charge in [-0.3, -0.25) is 0 Å². The Balaban J connectivity index is 2.17. The Morgan fingerprint density at radius 2 is 1.90 bits per heavy atom. The maximum atomic E-state index is 13.5. The number of halogens is 1. The van der Waals surface area contributed by atoms with E-state index < -0.39 is 0 Å². The normalized spacial score (nSPS) is 11.2. The van der Waals surface area contributed by atoms with Crippen LogP contribution < -0.4 is 10.1 Å². The quantitative estimate of drug-likeness (QED) is 0.892. The van der Waals surface area contributed by atoms with Crippen LogP contribution in [-0.4, -0.2) is 10.5 Å². The van der Waals surface area contributed by atoms with Gasteiger partial charge < -0.3 is 10.1 Å². The molecule has 0 amide bonds. The van der Waals surface area contributed by atoms with Crippen molar-refractivity contribution in [2.45, 2.75) is 33.2 Å². The van der Waals surface area contributed by atoms with Crippen molar-refractivity contribution in [3.8, 4) is 11.6 Å². The minimum absolute atomic E-state index is 0.0818. The highest BCUT2D eigenvalue weighted by Gasteiger charge is 2.10. The first kappa shape index (κ1) is 14.3. The van der Waals surface area contributed by atoms with Crippen molar-refractivity contribution in [1.29, 1.82) is 0 Å². The van der Waals surface area contributed by atoms with E-state index in [0.717, 1.165) is 5.82 Å². The summed E-state index contributed by atoms with van der Waals surface area (Å²) >= 11 is 0. The molecule has 106 valence electrons. The summed E-state index contributed by atoms with van der Waals surface area (Å²) in [4.78, 5) is 4.35. The SMILES string of the molecule is Cc1ccc(Oc2cccc(NC(C)(C)C)n2)cc1F. The second-order valence-corrected chi connectivity index (χ2v) is 5.75. The number of pyridine rings is 1. The first-order valence-electron chi connectivity index (χ1n) is 6.53. The van der Waals surface area contributed by atoms with Crippen LogP contribution in [0.25, 0.3) is 0 Å². The first-order valence-corrected chi connectivity index (χ1v) is 6.53. The fourth-order valence-electron chi connectivity index (χ4n) is 1.68. The van der Waals surface area contributed by atoms with Gasteiger partial charge in [-0.15, -0.1) is 0 Å². The summed E-state index contributed by atoms with van der Waals surface area (Å²) in [6.07, 6.45) is 0. The zero-order valence-corrected chi connectivity index (χ0v) is 12.2. The van der Waals surface area contributed by atoms with Gasteiger partial charge in [-0.05, 0) is 45.4 Å². The number of hydrogen-bond acceptors (Lipinski definition) is 3. The van der Waals surface area contributed by atoms with Gasteiger partial charge in [0.05, 0.1) is 0 Å². The van der Waals surface area contributed by atoms with E-state index in [0.29, 0.717) is 17.2 Å². The Labute approximate surface area is 118 Å². The second kappa shape index (κ2) is 5.49. The molecule has 0 unspecified atom stereocenters. The van der Waals surface area contributed by atoms with E-state index in [9.17, 15) is 4.39 Å². The molecule has 0 radical (unpaired) electrons. The Hall–Kier alpha value is -2.10. The summed E-state index contributed by atoms with van der Waals surface area (Å²) in [5, 5.41) is 3.26. The van der Waals surface area contributed by atoms with E-state index >= 15 is 0 Å². The van der Waals surface area contributed by atoms with Crippen molar-refractivity contribution in [2.24, 2.45) is 0 Å². The monoisotopic (exact) mass is 274 g/mol. The number of aryl methyl sites for hydroxylation is 1. The number of nitrogens with one attached hydrogen (secondary N) is 1. The lowest BCUT2D eigenvalue weighted by atomic mass is 10.1. The lowest BCUT2D eigenvalue weighted by Gasteiger charge is -2.21. The fourth-order valence-corrected chi connectivity index (χ4v) is 1.68. The van der Waals surface area contributed by atoms with Crippen LogP contribution in [0.1, 0.15) is 26.3 Å². The van der Waals surface area contributed by atoms with Crippen molar-refractivity contribution in [3.05, 3.63) is 47.8 Å². The Kier molecular flexibility index (Phi) is 3.93. The molecule has 2 rings (SSSR count). The zero-order valence-electron chi connectivity index (χ0n) is 12.2. The number of hydrogen-bond donors (Lipinski definition) is 1. The molecule has 0 aliphatic carbocycles. The number of ether oxygens (including phenoxy) is 1. The minimum atomic E-state index is -0.286. The van der Waals surface area contributed by atoms with Crippen LogP contribution in [0.2, 0.25) is 0 Å². The lowest BCUT2D eigenvalue weighted by molar-refractivity contribution is 0.457. The van der Waals surface area contributed by atoms with E-state index in [-0.39, 0.29) is 11.4 Å². The molecule has 1 aromatic carbocycles. The largest absolute Gasteiger partial charge is 0.439 e. The molecule has 20 heavy (non-hydrogen) atoms. The highest BCUT2D eigenvalue weighted by atomic mass is 19.1. The molecule has 3 nitrogen and oxygen atoms in total. The Morgan fingerprint density at radius 3 is 2.55 bits per heavy atom. The summed E-state index contributed by atoms with van der Waals surface area (Å²) in [6.45, 7) is 7.87. The molecule has 1 N–H and O–H groups in total. The molecular formula is C16H19FN2O. The summed E-state index contributed by atoms with van der Waals surface area (Å²) in [5.74, 6) is 1.31. The molecule has 4 heteroatoms. The predicted octanol–water partition coefficient (Wildman–Crippen LogP) is 4.53. The minimum Gasteiger partial charge on any atom is -0.439 e. The van der Waals surface area contributed by atoms with Crippen molar-refractivity contribution < 1.29 is 9.13 Å². The van der Waals surface area contributed by atoms with Crippen molar-refractivity contribution in [3.63, 3.8) is 0 Å². The van der Waals surface area contributed by atoms with Crippen LogP contribution in [0.5, 0.6) is 11.6 Å². The van der Waals surface area contributed by atoms with Crippen molar-refractivity contribution >= 4 is 5.82 Å². The van der Waals surface area contributed by atoms with E-state index in [2.05, 4.69) is 31.1 Å². The van der Waals surface area contributed by atoms with Gasteiger partial charge in [-0.1, -0.05) is 12.1 Å². The number of aromatic nitrogens is 1. The van der Waals surface area contributed by atoms with E-state index in [1.807, 2.05) is 12.1 Å². The standard InChI is InChI=1S/C16H19FN2O/c1-11-8-9-12(10-13(11)17)20-15-7-5-6-14(18-15)19-16(2,3)4/h5-10H,1-4H3,(H,18,19). The predicted molar refractivity (Wildman–Crippen MR) is 78.8 cm³/mol. The van der Waals surface area contributed by atoms with Crippen LogP contribution in [0, 0.1) is 12.7 Å². The average Bonchev–Trinajstić information content (AvgIpc) is 2.32. The highest BCUT2D eigenvalue weighted by Crippen LogP contribution is 2.23. The van der Waals surface area contributed by atoms with Gasteiger partial charge in [0.2, 0.25) is 5.88 Å². The van der Waals surface area contributed by atoms with E-state index in [1.165, 1.54) is 6.07 Å². The van der Waals surface area contributed by atoms with Crippen molar-refractivity contribution in [1.82, 2.24) is 4.98 Å². The smallest absolute Gasteiger partial charge is 0.221 e. The van der Waals surface area contributed by atoms with Gasteiger partial charge in [0.15, 0.2) is 0 Å². The third-order valence-electron chi connectivity index (χ3n) is 2.59. The van der Waals surface area contributed by atoms with Gasteiger partial charge >= 0.3 is 0 Å². The molecule has 1 aromatic heterocycles. The summed E-state index contributed by atoms with van der Waals surface area (Å²) < 4.78 is 19.0. The third-order valence-corrected chi connectivity index (χ3v) is 2.59. The molecule has 2 aromatic rings. The number of nitrogens with zero attached hydrogens (tertiary/aromatic N) is 1. The molecule has 0 atom stereocenters. The maximum Gasteiger partial charge on any atom is 0.221 e. The van der Waals surface area contributed by atoms with Gasteiger partial charge in [0.25, 0.3) is 0 Å². The molecule has 0 bridgehead atoms. The van der Waals surface area contributed by atoms with Gasteiger partial charge in [0, 0.05) is 17.7 Å². The molecule has 0 spiro atoms. The molecule has 0 saturated carbocycles. The summed E-state index contributed by atoms with van der Waals surface area (Å²) in [5.41, 5.74) is 0.509. The topological polar surface area (TPSA) is 34.1 Å². The van der Waals surface area contributed by atoms with E-state index in [1.54, 1.807) is 25.1 Å². The average molecular weight is 274 g/mol. The lowest BCUT2D eigenvalue weighted by Crippen LogP contribution is -2.26. The first-order chi connectivity index (χ1) is 9.33. The van der Waals surface area contributed by atoms with Crippen LogP contribution in [-0.2, 0) is 0 Å².